The summed E-state index contributed by atoms with van der Waals surface area (Å²) in [7, 11) is 0. The van der Waals surface area contributed by atoms with Crippen LogP contribution in [0, 0.1) is 0 Å². The average Bonchev–Trinajstić information content (AvgIpc) is 2.43. The zero-order chi connectivity index (χ0) is 15.8. The maximum absolute atomic E-state index is 11.6. The number of carbonyl (C=O) groups is 2. The molecule has 1 aromatic rings. The molecule has 1 unspecified atom stereocenters. The van der Waals surface area contributed by atoms with E-state index in [1.807, 2.05) is 0 Å². The second kappa shape index (κ2) is 7.98. The maximum Gasteiger partial charge on any atom is 0.328 e. The van der Waals surface area contributed by atoms with Crippen molar-refractivity contribution < 1.29 is 24.5 Å². The molecule has 0 heterocycles. The summed E-state index contributed by atoms with van der Waals surface area (Å²) in [6.45, 7) is 3.82. The highest BCUT2D eigenvalue weighted by molar-refractivity contribution is 5.83. The van der Waals surface area contributed by atoms with Gasteiger partial charge in [-0.3, -0.25) is 0 Å². The van der Waals surface area contributed by atoms with Crippen molar-refractivity contribution in [2.45, 2.75) is 26.3 Å². The first-order valence-electron chi connectivity index (χ1n) is 6.66. The van der Waals surface area contributed by atoms with Crippen LogP contribution in [0.3, 0.4) is 0 Å². The standard InChI is InChI=1S/C14H20N2O5/c1-3-21-13(19)9(2)16-14(20)15-7-6-10-4-5-11(17)12(18)8-10/h4-5,8-9,17-18H,3,6-7H2,1-2H3,(H2,15,16,20). The molecular formula is C14H20N2O5. The van der Waals surface area contributed by atoms with Crippen molar-refractivity contribution in [1.29, 1.82) is 0 Å². The predicted molar refractivity (Wildman–Crippen MR) is 76.1 cm³/mol. The quantitative estimate of drug-likeness (QED) is 0.460. The van der Waals surface area contributed by atoms with E-state index in [4.69, 9.17) is 4.74 Å². The van der Waals surface area contributed by atoms with Crippen LogP contribution in [0.2, 0.25) is 0 Å². The second-order valence-corrected chi connectivity index (χ2v) is 4.45. The Kier molecular flexibility index (Phi) is 6.32. The van der Waals surface area contributed by atoms with E-state index in [-0.39, 0.29) is 18.1 Å². The number of nitrogens with one attached hydrogen (secondary N) is 2. The zero-order valence-corrected chi connectivity index (χ0v) is 12.0. The van der Waals surface area contributed by atoms with Crippen molar-refractivity contribution in [3.05, 3.63) is 23.8 Å². The van der Waals surface area contributed by atoms with Crippen molar-refractivity contribution in [2.24, 2.45) is 0 Å². The van der Waals surface area contributed by atoms with E-state index in [1.54, 1.807) is 13.0 Å². The first kappa shape index (κ1) is 16.6. The second-order valence-electron chi connectivity index (χ2n) is 4.45. The third-order valence-electron chi connectivity index (χ3n) is 2.73. The van der Waals surface area contributed by atoms with Crippen LogP contribution >= 0.6 is 0 Å². The van der Waals surface area contributed by atoms with Crippen LogP contribution in [0.25, 0.3) is 0 Å². The smallest absolute Gasteiger partial charge is 0.328 e. The van der Waals surface area contributed by atoms with Gasteiger partial charge in [0.15, 0.2) is 11.5 Å². The number of aromatic hydroxyl groups is 2. The lowest BCUT2D eigenvalue weighted by Crippen LogP contribution is -2.45. The Hall–Kier alpha value is -2.44. The van der Waals surface area contributed by atoms with Gasteiger partial charge >= 0.3 is 12.0 Å². The molecule has 1 aromatic carbocycles. The Bertz CT molecular complexity index is 504. The molecule has 1 rings (SSSR count). The van der Waals surface area contributed by atoms with Crippen LogP contribution in [0.5, 0.6) is 11.5 Å². The number of carbonyl (C=O) groups excluding carboxylic acids is 2. The third kappa shape index (κ3) is 5.60. The summed E-state index contributed by atoms with van der Waals surface area (Å²) in [5.74, 6) is -0.878. The van der Waals surface area contributed by atoms with Gasteiger partial charge in [0.05, 0.1) is 6.61 Å². The Morgan fingerprint density at radius 2 is 2.00 bits per heavy atom. The van der Waals surface area contributed by atoms with Gasteiger partial charge < -0.3 is 25.6 Å². The van der Waals surface area contributed by atoms with E-state index in [0.717, 1.165) is 5.56 Å². The van der Waals surface area contributed by atoms with Crippen molar-refractivity contribution in [2.75, 3.05) is 13.2 Å². The highest BCUT2D eigenvalue weighted by Crippen LogP contribution is 2.24. The number of phenols is 2. The summed E-state index contributed by atoms with van der Waals surface area (Å²) in [5, 5.41) is 23.6. The molecule has 21 heavy (non-hydrogen) atoms. The summed E-state index contributed by atoms with van der Waals surface area (Å²) >= 11 is 0. The van der Waals surface area contributed by atoms with E-state index in [9.17, 15) is 19.8 Å². The minimum atomic E-state index is -0.720. The van der Waals surface area contributed by atoms with E-state index in [1.165, 1.54) is 19.1 Å². The molecule has 2 amide bonds. The molecule has 0 radical (unpaired) electrons. The third-order valence-corrected chi connectivity index (χ3v) is 2.73. The normalized spacial score (nSPS) is 11.5. The van der Waals surface area contributed by atoms with Crippen molar-refractivity contribution in [1.82, 2.24) is 10.6 Å². The van der Waals surface area contributed by atoms with Crippen molar-refractivity contribution >= 4 is 12.0 Å². The summed E-state index contributed by atoms with van der Waals surface area (Å²) < 4.78 is 4.77. The molecule has 0 saturated heterocycles. The minimum Gasteiger partial charge on any atom is -0.504 e. The van der Waals surface area contributed by atoms with Gasteiger partial charge in [-0.15, -0.1) is 0 Å². The van der Waals surface area contributed by atoms with Gasteiger partial charge in [0.25, 0.3) is 0 Å². The monoisotopic (exact) mass is 296 g/mol. The SMILES string of the molecule is CCOC(=O)C(C)NC(=O)NCCc1ccc(O)c(O)c1. The molecule has 0 spiro atoms. The summed E-state index contributed by atoms with van der Waals surface area (Å²) in [4.78, 5) is 22.9. The lowest BCUT2D eigenvalue weighted by atomic mass is 10.1. The molecule has 0 aliphatic heterocycles. The molecule has 1 atom stereocenters. The topological polar surface area (TPSA) is 108 Å². The van der Waals surface area contributed by atoms with Crippen molar-refractivity contribution in [3.8, 4) is 11.5 Å². The van der Waals surface area contributed by atoms with E-state index in [2.05, 4.69) is 10.6 Å². The van der Waals surface area contributed by atoms with Crippen LogP contribution < -0.4 is 10.6 Å². The lowest BCUT2D eigenvalue weighted by Gasteiger charge is -2.13. The van der Waals surface area contributed by atoms with E-state index in [0.29, 0.717) is 13.0 Å². The fourth-order valence-electron chi connectivity index (χ4n) is 1.62. The molecule has 4 N–H and O–H groups in total. The number of amides is 2. The number of benzene rings is 1. The maximum atomic E-state index is 11.6. The lowest BCUT2D eigenvalue weighted by molar-refractivity contribution is -0.144. The molecule has 0 fully saturated rings. The van der Waals surface area contributed by atoms with Gasteiger partial charge in [-0.25, -0.2) is 9.59 Å². The number of hydrogen-bond acceptors (Lipinski definition) is 5. The number of urea groups is 1. The Balaban J connectivity index is 2.33. The Morgan fingerprint density at radius 3 is 2.62 bits per heavy atom. The van der Waals surface area contributed by atoms with Crippen LogP contribution in [0.15, 0.2) is 18.2 Å². The van der Waals surface area contributed by atoms with Gasteiger partial charge in [-0.05, 0) is 38.0 Å². The predicted octanol–water partition coefficient (Wildman–Crippen LogP) is 0.891. The molecule has 0 saturated carbocycles. The molecule has 0 bridgehead atoms. The molecule has 0 aliphatic carbocycles. The first-order valence-corrected chi connectivity index (χ1v) is 6.66. The highest BCUT2D eigenvalue weighted by atomic mass is 16.5. The fourth-order valence-corrected chi connectivity index (χ4v) is 1.62. The van der Waals surface area contributed by atoms with Crippen LogP contribution in [0.1, 0.15) is 19.4 Å². The average molecular weight is 296 g/mol. The molecule has 7 nitrogen and oxygen atoms in total. The van der Waals surface area contributed by atoms with Gasteiger partial charge in [0.1, 0.15) is 6.04 Å². The summed E-state index contributed by atoms with van der Waals surface area (Å²) in [6, 6.07) is 3.26. The molecule has 0 aromatic heterocycles. The summed E-state index contributed by atoms with van der Waals surface area (Å²) in [6.07, 6.45) is 0.481. The molecule has 7 heteroatoms. The number of esters is 1. The van der Waals surface area contributed by atoms with Gasteiger partial charge in [0, 0.05) is 6.54 Å². The van der Waals surface area contributed by atoms with Crippen LogP contribution in [-0.2, 0) is 16.0 Å². The first-order chi connectivity index (χ1) is 9.93. The number of hydrogen-bond donors (Lipinski definition) is 4. The van der Waals surface area contributed by atoms with Crippen LogP contribution in [-0.4, -0.2) is 41.4 Å². The number of rotatable bonds is 6. The largest absolute Gasteiger partial charge is 0.504 e. The Labute approximate surface area is 122 Å². The van der Waals surface area contributed by atoms with Gasteiger partial charge in [0.2, 0.25) is 0 Å². The minimum absolute atomic E-state index is 0.187. The highest BCUT2D eigenvalue weighted by Gasteiger charge is 2.15. The summed E-state index contributed by atoms with van der Waals surface area (Å²) in [5.41, 5.74) is 0.768. The van der Waals surface area contributed by atoms with Gasteiger partial charge in [-0.2, -0.15) is 0 Å². The molecule has 0 aliphatic rings. The van der Waals surface area contributed by atoms with E-state index >= 15 is 0 Å². The van der Waals surface area contributed by atoms with Crippen molar-refractivity contribution in [3.63, 3.8) is 0 Å². The van der Waals surface area contributed by atoms with E-state index < -0.39 is 18.0 Å². The number of ether oxygens (including phenoxy) is 1. The zero-order valence-electron chi connectivity index (χ0n) is 12.0. The molecular weight excluding hydrogens is 276 g/mol. The Morgan fingerprint density at radius 1 is 1.29 bits per heavy atom. The number of phenolic OH excluding ortho intramolecular Hbond substituents is 2. The van der Waals surface area contributed by atoms with Gasteiger partial charge in [-0.1, -0.05) is 6.07 Å². The fraction of sp³-hybridized carbons (Fsp3) is 0.429. The van der Waals surface area contributed by atoms with Crippen LogP contribution in [0.4, 0.5) is 4.79 Å². The molecule has 116 valence electrons.